The molecule has 1 aliphatic carbocycles. The van der Waals surface area contributed by atoms with Gasteiger partial charge in [-0.05, 0) is 31.4 Å². The molecule has 0 aliphatic heterocycles. The third-order valence-electron chi connectivity index (χ3n) is 4.08. The van der Waals surface area contributed by atoms with Gasteiger partial charge in [0.25, 0.3) is 0 Å². The lowest BCUT2D eigenvalue weighted by atomic mass is 9.73. The van der Waals surface area contributed by atoms with Crippen molar-refractivity contribution < 1.29 is 4.79 Å². The number of amides is 1. The SMILES string of the molecule is Cc1ccccc1NC(=O)C1(CN)CCCCC1. The zero-order valence-electron chi connectivity index (χ0n) is 11.0. The highest BCUT2D eigenvalue weighted by Gasteiger charge is 2.38. The van der Waals surface area contributed by atoms with Gasteiger partial charge in [0, 0.05) is 12.2 Å². The second kappa shape index (κ2) is 5.53. The number of para-hydroxylation sites is 1. The summed E-state index contributed by atoms with van der Waals surface area (Å²) in [6.45, 7) is 2.45. The van der Waals surface area contributed by atoms with Gasteiger partial charge in [0.2, 0.25) is 5.91 Å². The van der Waals surface area contributed by atoms with E-state index < -0.39 is 0 Å². The Labute approximate surface area is 109 Å². The Morgan fingerprint density at radius 2 is 1.94 bits per heavy atom. The number of nitrogens with two attached hydrogens (primary N) is 1. The summed E-state index contributed by atoms with van der Waals surface area (Å²) in [6, 6.07) is 7.87. The van der Waals surface area contributed by atoms with Crippen LogP contribution in [-0.4, -0.2) is 12.5 Å². The van der Waals surface area contributed by atoms with Crippen molar-refractivity contribution in [1.82, 2.24) is 0 Å². The Morgan fingerprint density at radius 3 is 2.56 bits per heavy atom. The Kier molecular flexibility index (Phi) is 4.02. The minimum atomic E-state index is -0.347. The lowest BCUT2D eigenvalue weighted by Gasteiger charge is -2.34. The lowest BCUT2D eigenvalue weighted by molar-refractivity contribution is -0.126. The molecule has 0 unspecified atom stereocenters. The van der Waals surface area contributed by atoms with Gasteiger partial charge < -0.3 is 11.1 Å². The van der Waals surface area contributed by atoms with Crippen LogP contribution in [0.1, 0.15) is 37.7 Å². The zero-order chi connectivity index (χ0) is 13.0. The summed E-state index contributed by atoms with van der Waals surface area (Å²) < 4.78 is 0. The first-order valence-electron chi connectivity index (χ1n) is 6.75. The van der Waals surface area contributed by atoms with Crippen molar-refractivity contribution in [3.05, 3.63) is 29.8 Å². The predicted molar refractivity (Wildman–Crippen MR) is 74.4 cm³/mol. The molecule has 1 fully saturated rings. The number of hydrogen-bond acceptors (Lipinski definition) is 2. The predicted octanol–water partition coefficient (Wildman–Crippen LogP) is 2.84. The summed E-state index contributed by atoms with van der Waals surface area (Å²) in [7, 11) is 0. The van der Waals surface area contributed by atoms with Gasteiger partial charge in [-0.2, -0.15) is 0 Å². The van der Waals surface area contributed by atoms with Crippen LogP contribution in [0.15, 0.2) is 24.3 Å². The molecule has 1 aliphatic rings. The Balaban J connectivity index is 2.13. The van der Waals surface area contributed by atoms with Crippen LogP contribution < -0.4 is 11.1 Å². The summed E-state index contributed by atoms with van der Waals surface area (Å²) in [6.07, 6.45) is 5.28. The molecule has 98 valence electrons. The van der Waals surface area contributed by atoms with Crippen molar-refractivity contribution in [2.45, 2.75) is 39.0 Å². The molecule has 0 spiro atoms. The van der Waals surface area contributed by atoms with Gasteiger partial charge in [-0.3, -0.25) is 4.79 Å². The molecule has 1 aromatic rings. The molecule has 1 amide bonds. The molecule has 2 rings (SSSR count). The Morgan fingerprint density at radius 1 is 1.28 bits per heavy atom. The number of carbonyl (C=O) groups is 1. The third-order valence-corrected chi connectivity index (χ3v) is 4.08. The largest absolute Gasteiger partial charge is 0.329 e. The van der Waals surface area contributed by atoms with Crippen LogP contribution in [0.2, 0.25) is 0 Å². The number of anilines is 1. The molecule has 0 bridgehead atoms. The van der Waals surface area contributed by atoms with E-state index in [-0.39, 0.29) is 11.3 Å². The molecule has 0 heterocycles. The van der Waals surface area contributed by atoms with Crippen LogP contribution in [-0.2, 0) is 4.79 Å². The van der Waals surface area contributed by atoms with E-state index >= 15 is 0 Å². The van der Waals surface area contributed by atoms with Crippen molar-refractivity contribution in [3.63, 3.8) is 0 Å². The van der Waals surface area contributed by atoms with Crippen LogP contribution in [0, 0.1) is 12.3 Å². The summed E-state index contributed by atoms with van der Waals surface area (Å²) in [5.74, 6) is 0.0963. The Hall–Kier alpha value is -1.35. The second-order valence-corrected chi connectivity index (χ2v) is 5.31. The molecule has 0 saturated heterocycles. The fraction of sp³-hybridized carbons (Fsp3) is 0.533. The van der Waals surface area contributed by atoms with Gasteiger partial charge in [0.05, 0.1) is 5.41 Å². The minimum Gasteiger partial charge on any atom is -0.329 e. The van der Waals surface area contributed by atoms with E-state index in [9.17, 15) is 4.79 Å². The van der Waals surface area contributed by atoms with Crippen LogP contribution in [0.3, 0.4) is 0 Å². The van der Waals surface area contributed by atoms with Crippen molar-refractivity contribution >= 4 is 11.6 Å². The number of carbonyl (C=O) groups excluding carboxylic acids is 1. The maximum absolute atomic E-state index is 12.5. The first-order valence-corrected chi connectivity index (χ1v) is 6.75. The smallest absolute Gasteiger partial charge is 0.231 e. The van der Waals surface area contributed by atoms with E-state index in [1.807, 2.05) is 31.2 Å². The van der Waals surface area contributed by atoms with Crippen molar-refractivity contribution in [1.29, 1.82) is 0 Å². The number of benzene rings is 1. The summed E-state index contributed by atoms with van der Waals surface area (Å²) in [4.78, 5) is 12.5. The molecule has 0 radical (unpaired) electrons. The molecule has 0 aromatic heterocycles. The molecule has 1 aromatic carbocycles. The van der Waals surface area contributed by atoms with Crippen LogP contribution in [0.4, 0.5) is 5.69 Å². The van der Waals surface area contributed by atoms with Gasteiger partial charge in [-0.1, -0.05) is 37.5 Å². The van der Waals surface area contributed by atoms with Gasteiger partial charge in [-0.25, -0.2) is 0 Å². The second-order valence-electron chi connectivity index (χ2n) is 5.31. The maximum atomic E-state index is 12.5. The van der Waals surface area contributed by atoms with Crippen molar-refractivity contribution in [3.8, 4) is 0 Å². The average molecular weight is 246 g/mol. The maximum Gasteiger partial charge on any atom is 0.231 e. The quantitative estimate of drug-likeness (QED) is 0.861. The summed E-state index contributed by atoms with van der Waals surface area (Å²) in [5, 5.41) is 3.05. The fourth-order valence-corrected chi connectivity index (χ4v) is 2.72. The normalized spacial score (nSPS) is 18.3. The molecule has 18 heavy (non-hydrogen) atoms. The third kappa shape index (κ3) is 2.56. The fourth-order valence-electron chi connectivity index (χ4n) is 2.72. The minimum absolute atomic E-state index is 0.0963. The van der Waals surface area contributed by atoms with Gasteiger partial charge in [0.1, 0.15) is 0 Å². The molecule has 0 atom stereocenters. The van der Waals surface area contributed by atoms with E-state index in [4.69, 9.17) is 5.73 Å². The van der Waals surface area contributed by atoms with E-state index in [1.165, 1.54) is 6.42 Å². The Bertz CT molecular complexity index is 422. The van der Waals surface area contributed by atoms with Crippen LogP contribution in [0.25, 0.3) is 0 Å². The number of nitrogens with one attached hydrogen (secondary N) is 1. The standard InChI is InChI=1S/C15H22N2O/c1-12-7-3-4-8-13(12)17-14(18)15(11-16)9-5-2-6-10-15/h3-4,7-8H,2,5-6,9-11,16H2,1H3,(H,17,18). The zero-order valence-corrected chi connectivity index (χ0v) is 11.0. The molecule has 3 N–H and O–H groups in total. The van der Waals surface area contributed by atoms with Gasteiger partial charge in [-0.15, -0.1) is 0 Å². The highest BCUT2D eigenvalue weighted by Crippen LogP contribution is 2.36. The van der Waals surface area contributed by atoms with Gasteiger partial charge in [0.15, 0.2) is 0 Å². The number of aryl methyl sites for hydroxylation is 1. The number of hydrogen-bond donors (Lipinski definition) is 2. The highest BCUT2D eigenvalue weighted by molar-refractivity contribution is 5.96. The van der Waals surface area contributed by atoms with Gasteiger partial charge >= 0.3 is 0 Å². The molecule has 3 nitrogen and oxygen atoms in total. The summed E-state index contributed by atoms with van der Waals surface area (Å²) in [5.41, 5.74) is 7.52. The van der Waals surface area contributed by atoms with Crippen molar-refractivity contribution in [2.24, 2.45) is 11.1 Å². The molecule has 3 heteroatoms. The van der Waals surface area contributed by atoms with E-state index in [0.717, 1.165) is 36.9 Å². The molecular formula is C15H22N2O. The average Bonchev–Trinajstić information content (AvgIpc) is 2.42. The molecule has 1 saturated carbocycles. The van der Waals surface area contributed by atoms with Crippen LogP contribution >= 0.6 is 0 Å². The monoisotopic (exact) mass is 246 g/mol. The molecular weight excluding hydrogens is 224 g/mol. The lowest BCUT2D eigenvalue weighted by Crippen LogP contribution is -2.43. The number of rotatable bonds is 3. The first-order chi connectivity index (χ1) is 8.68. The van der Waals surface area contributed by atoms with E-state index in [1.54, 1.807) is 0 Å². The van der Waals surface area contributed by atoms with E-state index in [0.29, 0.717) is 6.54 Å². The highest BCUT2D eigenvalue weighted by atomic mass is 16.2. The summed E-state index contributed by atoms with van der Waals surface area (Å²) >= 11 is 0. The van der Waals surface area contributed by atoms with Crippen molar-refractivity contribution in [2.75, 3.05) is 11.9 Å². The van der Waals surface area contributed by atoms with Crippen LogP contribution in [0.5, 0.6) is 0 Å². The first kappa shape index (κ1) is 13.1. The topological polar surface area (TPSA) is 55.1 Å². The van der Waals surface area contributed by atoms with E-state index in [2.05, 4.69) is 5.32 Å².